The van der Waals surface area contributed by atoms with E-state index < -0.39 is 10.0 Å². The van der Waals surface area contributed by atoms with Gasteiger partial charge < -0.3 is 19.7 Å². The van der Waals surface area contributed by atoms with Gasteiger partial charge in [0.2, 0.25) is 10.0 Å². The minimum atomic E-state index is -3.43. The molecule has 1 saturated heterocycles. The molecule has 1 aliphatic rings. The van der Waals surface area contributed by atoms with Gasteiger partial charge in [-0.25, -0.2) is 12.7 Å². The quantitative estimate of drug-likeness (QED) is 0.695. The van der Waals surface area contributed by atoms with Crippen molar-refractivity contribution in [1.82, 2.24) is 14.5 Å². The Morgan fingerprint density at radius 1 is 1.26 bits per heavy atom. The summed E-state index contributed by atoms with van der Waals surface area (Å²) in [5.41, 5.74) is 0.333. The van der Waals surface area contributed by atoms with E-state index in [0.29, 0.717) is 17.1 Å². The Morgan fingerprint density at radius 2 is 1.93 bits per heavy atom. The largest absolute Gasteiger partial charge is 0.497 e. The van der Waals surface area contributed by atoms with Crippen LogP contribution in [-0.2, 0) is 10.0 Å². The summed E-state index contributed by atoms with van der Waals surface area (Å²) in [6.45, 7) is 1.81. The molecule has 0 aliphatic carbocycles. The van der Waals surface area contributed by atoms with Crippen LogP contribution in [0.2, 0.25) is 0 Å². The maximum absolute atomic E-state index is 12.6. The topological polar surface area (TPSA) is 88.2 Å². The number of ether oxygens (including phenoxy) is 2. The van der Waals surface area contributed by atoms with Crippen molar-refractivity contribution < 1.29 is 22.7 Å². The molecule has 0 spiro atoms. The highest BCUT2D eigenvalue weighted by atomic mass is 32.2. The Labute approximate surface area is 161 Å². The normalized spacial score (nSPS) is 16.3. The first-order valence-electron chi connectivity index (χ1n) is 8.93. The van der Waals surface area contributed by atoms with Crippen LogP contribution >= 0.6 is 0 Å². The van der Waals surface area contributed by atoms with Gasteiger partial charge in [-0.2, -0.15) is 0 Å². The Morgan fingerprint density at radius 3 is 2.52 bits per heavy atom. The van der Waals surface area contributed by atoms with Gasteiger partial charge in [-0.1, -0.05) is 0 Å². The fraction of sp³-hybridized carbons (Fsp3) is 0.611. The highest BCUT2D eigenvalue weighted by molar-refractivity contribution is 7.89. The molecule has 1 heterocycles. The Kier molecular flexibility index (Phi) is 7.46. The average Bonchev–Trinajstić information content (AvgIpc) is 2.67. The number of sulfonamides is 1. The summed E-state index contributed by atoms with van der Waals surface area (Å²) in [6.07, 6.45) is 1.64. The number of methoxy groups -OCH3 is 2. The van der Waals surface area contributed by atoms with Crippen LogP contribution in [0.3, 0.4) is 0 Å². The number of carbonyl (C=O) groups excluding carboxylic acids is 1. The van der Waals surface area contributed by atoms with Crippen molar-refractivity contribution in [1.29, 1.82) is 0 Å². The smallest absolute Gasteiger partial charge is 0.255 e. The van der Waals surface area contributed by atoms with Crippen molar-refractivity contribution in [3.63, 3.8) is 0 Å². The third kappa shape index (κ3) is 5.57. The van der Waals surface area contributed by atoms with Crippen molar-refractivity contribution >= 4 is 15.9 Å². The molecule has 1 N–H and O–H groups in total. The van der Waals surface area contributed by atoms with Gasteiger partial charge in [-0.15, -0.1) is 0 Å². The number of piperidine rings is 1. The molecule has 1 aromatic carbocycles. The van der Waals surface area contributed by atoms with Gasteiger partial charge in [0, 0.05) is 25.7 Å². The first kappa shape index (κ1) is 21.5. The lowest BCUT2D eigenvalue weighted by atomic mass is 10.1. The van der Waals surface area contributed by atoms with Gasteiger partial charge in [0.1, 0.15) is 11.5 Å². The van der Waals surface area contributed by atoms with Gasteiger partial charge in [0.15, 0.2) is 0 Å². The van der Waals surface area contributed by atoms with Gasteiger partial charge in [-0.3, -0.25) is 4.79 Å². The van der Waals surface area contributed by atoms with Crippen LogP contribution in [0.1, 0.15) is 23.2 Å². The monoisotopic (exact) mass is 399 g/mol. The number of carbonyl (C=O) groups is 1. The lowest BCUT2D eigenvalue weighted by Crippen LogP contribution is -2.46. The molecule has 2 rings (SSSR count). The van der Waals surface area contributed by atoms with Gasteiger partial charge in [0.25, 0.3) is 5.91 Å². The van der Waals surface area contributed by atoms with Crippen LogP contribution in [0.5, 0.6) is 11.5 Å². The van der Waals surface area contributed by atoms with E-state index in [1.54, 1.807) is 25.2 Å². The lowest BCUT2D eigenvalue weighted by Gasteiger charge is -2.34. The SMILES string of the molecule is COc1ccc(C(=O)NCCS(=O)(=O)N(C)C2CCN(C)CC2)c(OC)c1. The molecule has 152 valence electrons. The Hall–Kier alpha value is -1.84. The van der Waals surface area contributed by atoms with Crippen LogP contribution in [0.25, 0.3) is 0 Å². The lowest BCUT2D eigenvalue weighted by molar-refractivity contribution is 0.0953. The third-order valence-corrected chi connectivity index (χ3v) is 6.84. The van der Waals surface area contributed by atoms with E-state index in [9.17, 15) is 13.2 Å². The third-order valence-electron chi connectivity index (χ3n) is 4.94. The number of hydrogen-bond donors (Lipinski definition) is 1. The van der Waals surface area contributed by atoms with Crippen molar-refractivity contribution in [2.24, 2.45) is 0 Å². The van der Waals surface area contributed by atoms with Crippen molar-refractivity contribution in [2.75, 3.05) is 53.7 Å². The molecule has 9 heteroatoms. The molecule has 0 aromatic heterocycles. The standard InChI is InChI=1S/C18H29N3O5S/c1-20-10-7-14(8-11-20)21(2)27(23,24)12-9-19-18(22)16-6-5-15(25-3)13-17(16)26-4/h5-6,13-14H,7-12H2,1-4H3,(H,19,22). The van der Waals surface area contributed by atoms with Crippen LogP contribution in [-0.4, -0.2) is 83.3 Å². The highest BCUT2D eigenvalue weighted by Crippen LogP contribution is 2.24. The van der Waals surface area contributed by atoms with Gasteiger partial charge >= 0.3 is 0 Å². The van der Waals surface area contributed by atoms with E-state index in [2.05, 4.69) is 10.2 Å². The van der Waals surface area contributed by atoms with Crippen molar-refractivity contribution in [3.05, 3.63) is 23.8 Å². The zero-order chi connectivity index (χ0) is 20.0. The van der Waals surface area contributed by atoms with E-state index >= 15 is 0 Å². The average molecular weight is 400 g/mol. The molecule has 8 nitrogen and oxygen atoms in total. The molecular weight excluding hydrogens is 370 g/mol. The second-order valence-corrected chi connectivity index (χ2v) is 8.84. The molecule has 1 aliphatic heterocycles. The molecule has 1 amide bonds. The number of hydrogen-bond acceptors (Lipinski definition) is 6. The highest BCUT2D eigenvalue weighted by Gasteiger charge is 2.28. The molecule has 0 atom stereocenters. The molecule has 0 saturated carbocycles. The number of rotatable bonds is 8. The van der Waals surface area contributed by atoms with E-state index in [4.69, 9.17) is 9.47 Å². The van der Waals surface area contributed by atoms with Crippen LogP contribution in [0.4, 0.5) is 0 Å². The summed E-state index contributed by atoms with van der Waals surface area (Å²) in [4.78, 5) is 14.6. The van der Waals surface area contributed by atoms with Crippen LogP contribution in [0.15, 0.2) is 18.2 Å². The van der Waals surface area contributed by atoms with Crippen LogP contribution in [0, 0.1) is 0 Å². The van der Waals surface area contributed by atoms with Crippen LogP contribution < -0.4 is 14.8 Å². The Bertz CT molecular complexity index is 745. The second kappa shape index (κ2) is 9.38. The summed E-state index contributed by atoms with van der Waals surface area (Å²) in [7, 11) is 3.22. The molecule has 1 fully saturated rings. The second-order valence-electron chi connectivity index (χ2n) is 6.69. The number of nitrogens with one attached hydrogen (secondary N) is 1. The predicted octanol–water partition coefficient (Wildman–Crippen LogP) is 0.789. The summed E-state index contributed by atoms with van der Waals surface area (Å²) >= 11 is 0. The first-order chi connectivity index (χ1) is 12.8. The summed E-state index contributed by atoms with van der Waals surface area (Å²) in [5.74, 6) is 0.426. The summed E-state index contributed by atoms with van der Waals surface area (Å²) in [6, 6.07) is 4.87. The fourth-order valence-electron chi connectivity index (χ4n) is 3.10. The number of nitrogens with zero attached hydrogens (tertiary/aromatic N) is 2. The predicted molar refractivity (Wildman–Crippen MR) is 104 cm³/mol. The molecule has 27 heavy (non-hydrogen) atoms. The zero-order valence-electron chi connectivity index (χ0n) is 16.4. The van der Waals surface area contributed by atoms with E-state index in [1.165, 1.54) is 18.5 Å². The number of amides is 1. The fourth-order valence-corrected chi connectivity index (χ4v) is 4.42. The number of likely N-dealkylation sites (tertiary alicyclic amines) is 1. The van der Waals surface area contributed by atoms with Crippen molar-refractivity contribution in [2.45, 2.75) is 18.9 Å². The zero-order valence-corrected chi connectivity index (χ0v) is 17.2. The maximum Gasteiger partial charge on any atom is 0.255 e. The molecule has 0 bridgehead atoms. The maximum atomic E-state index is 12.6. The molecular formula is C18H29N3O5S. The molecule has 0 unspecified atom stereocenters. The Balaban J connectivity index is 1.92. The number of benzene rings is 1. The van der Waals surface area contributed by atoms with Gasteiger partial charge in [-0.05, 0) is 45.1 Å². The van der Waals surface area contributed by atoms with Gasteiger partial charge in [0.05, 0.1) is 25.5 Å². The summed E-state index contributed by atoms with van der Waals surface area (Å²) in [5, 5.41) is 2.66. The van der Waals surface area contributed by atoms with E-state index in [-0.39, 0.29) is 24.2 Å². The van der Waals surface area contributed by atoms with Crippen molar-refractivity contribution in [3.8, 4) is 11.5 Å². The minimum Gasteiger partial charge on any atom is -0.497 e. The molecule has 1 aromatic rings. The summed E-state index contributed by atoms with van der Waals surface area (Å²) < 4.78 is 36.9. The first-order valence-corrected chi connectivity index (χ1v) is 10.5. The minimum absolute atomic E-state index is 0.0172. The van der Waals surface area contributed by atoms with E-state index in [1.807, 2.05) is 7.05 Å². The molecule has 0 radical (unpaired) electrons. The van der Waals surface area contributed by atoms with E-state index in [0.717, 1.165) is 25.9 Å².